The van der Waals surface area contributed by atoms with Crippen LogP contribution in [-0.4, -0.2) is 37.6 Å². The zero-order valence-corrected chi connectivity index (χ0v) is 12.8. The molecular formula is C12H15N5O4S. The van der Waals surface area contributed by atoms with E-state index in [-0.39, 0.29) is 17.3 Å². The van der Waals surface area contributed by atoms with Crippen molar-refractivity contribution < 1.29 is 18.0 Å². The fourth-order valence-electron chi connectivity index (χ4n) is 1.73. The molecule has 0 saturated carbocycles. The van der Waals surface area contributed by atoms with Gasteiger partial charge in [-0.15, -0.1) is 4.83 Å². The summed E-state index contributed by atoms with van der Waals surface area (Å²) in [6, 6.07) is 4.91. The van der Waals surface area contributed by atoms with Crippen LogP contribution in [0, 0.1) is 0 Å². The molecule has 9 nitrogen and oxygen atoms in total. The number of sulfonamides is 1. The van der Waals surface area contributed by atoms with Crippen LogP contribution in [0.3, 0.4) is 0 Å². The van der Waals surface area contributed by atoms with Crippen LogP contribution in [0.25, 0.3) is 0 Å². The molecule has 0 aromatic heterocycles. The summed E-state index contributed by atoms with van der Waals surface area (Å²) >= 11 is 0. The maximum absolute atomic E-state index is 12.2. The molecule has 0 saturated heterocycles. The summed E-state index contributed by atoms with van der Waals surface area (Å²) in [5, 5.41) is 7.15. The van der Waals surface area contributed by atoms with Crippen LogP contribution in [0.1, 0.15) is 13.8 Å². The lowest BCUT2D eigenvalue weighted by molar-refractivity contribution is -0.114. The minimum atomic E-state index is -3.91. The van der Waals surface area contributed by atoms with Crippen LogP contribution in [0.15, 0.2) is 34.3 Å². The number of rotatable bonds is 4. The van der Waals surface area contributed by atoms with E-state index in [2.05, 4.69) is 20.7 Å². The standard InChI is InChI=1S/C12H15N5O4S/c1-8-7-17(12(19)15-14-8)16-22(20,21)11-5-3-10(4-6-11)13-9(2)18/h3-6,16H,7H2,1-2H3,(H,13,18)(H,15,19). The van der Waals surface area contributed by atoms with Crippen molar-refractivity contribution in [2.75, 3.05) is 11.9 Å². The average Bonchev–Trinajstić information content (AvgIpc) is 2.42. The van der Waals surface area contributed by atoms with Gasteiger partial charge in [0.25, 0.3) is 10.0 Å². The Hall–Kier alpha value is -2.46. The lowest BCUT2D eigenvalue weighted by Gasteiger charge is -2.25. The fourth-order valence-corrected chi connectivity index (χ4v) is 2.77. The van der Waals surface area contributed by atoms with Gasteiger partial charge < -0.3 is 5.32 Å². The van der Waals surface area contributed by atoms with Gasteiger partial charge in [0.15, 0.2) is 0 Å². The Morgan fingerprint density at radius 2 is 1.95 bits per heavy atom. The molecule has 118 valence electrons. The Labute approximate surface area is 127 Å². The number of carbonyl (C=O) groups is 2. The van der Waals surface area contributed by atoms with Crippen molar-refractivity contribution in [3.05, 3.63) is 24.3 Å². The molecule has 3 amide bonds. The predicted octanol–water partition coefficient (Wildman–Crippen LogP) is 0.239. The molecule has 0 radical (unpaired) electrons. The maximum Gasteiger partial charge on any atom is 0.353 e. The summed E-state index contributed by atoms with van der Waals surface area (Å²) in [4.78, 5) is 24.6. The summed E-state index contributed by atoms with van der Waals surface area (Å²) in [5.74, 6) is -0.256. The van der Waals surface area contributed by atoms with Gasteiger partial charge in [-0.1, -0.05) is 0 Å². The van der Waals surface area contributed by atoms with Gasteiger partial charge in [0.05, 0.1) is 17.2 Å². The highest BCUT2D eigenvalue weighted by molar-refractivity contribution is 7.89. The van der Waals surface area contributed by atoms with E-state index in [1.807, 2.05) is 0 Å². The van der Waals surface area contributed by atoms with E-state index in [0.29, 0.717) is 11.4 Å². The van der Waals surface area contributed by atoms with E-state index < -0.39 is 16.1 Å². The molecule has 0 spiro atoms. The second-order valence-corrected chi connectivity index (χ2v) is 6.31. The van der Waals surface area contributed by atoms with E-state index in [4.69, 9.17) is 0 Å². The SMILES string of the molecule is CC(=O)Nc1ccc(S(=O)(=O)NN2CC(C)=NNC2=O)cc1. The molecule has 0 fully saturated rings. The van der Waals surface area contributed by atoms with Crippen LogP contribution in [-0.2, 0) is 14.8 Å². The Bertz CT molecular complexity index is 726. The van der Waals surface area contributed by atoms with E-state index >= 15 is 0 Å². The highest BCUT2D eigenvalue weighted by atomic mass is 32.2. The number of amides is 3. The largest absolute Gasteiger partial charge is 0.353 e. The van der Waals surface area contributed by atoms with Gasteiger partial charge in [-0.25, -0.2) is 23.6 Å². The van der Waals surface area contributed by atoms with Gasteiger partial charge in [0, 0.05) is 12.6 Å². The number of benzene rings is 1. The van der Waals surface area contributed by atoms with Gasteiger partial charge in [-0.2, -0.15) is 5.10 Å². The molecule has 1 aliphatic heterocycles. The zero-order valence-electron chi connectivity index (χ0n) is 12.0. The van der Waals surface area contributed by atoms with Gasteiger partial charge in [-0.3, -0.25) is 4.79 Å². The fraction of sp³-hybridized carbons (Fsp3) is 0.250. The number of nitrogens with zero attached hydrogens (tertiary/aromatic N) is 2. The first-order valence-corrected chi connectivity index (χ1v) is 7.77. The highest BCUT2D eigenvalue weighted by Gasteiger charge is 2.25. The predicted molar refractivity (Wildman–Crippen MR) is 79.4 cm³/mol. The summed E-state index contributed by atoms with van der Waals surface area (Å²) in [6.07, 6.45) is 0. The monoisotopic (exact) mass is 325 g/mol. The van der Waals surface area contributed by atoms with Gasteiger partial charge >= 0.3 is 6.03 Å². The number of hydrazone groups is 1. The normalized spacial score (nSPS) is 15.1. The summed E-state index contributed by atoms with van der Waals surface area (Å²) < 4.78 is 24.5. The van der Waals surface area contributed by atoms with Crippen LogP contribution < -0.4 is 15.6 Å². The smallest absolute Gasteiger partial charge is 0.326 e. The Morgan fingerprint density at radius 3 is 2.55 bits per heavy atom. The van der Waals surface area contributed by atoms with Crippen LogP contribution in [0.4, 0.5) is 10.5 Å². The summed E-state index contributed by atoms with van der Waals surface area (Å²) in [6.45, 7) is 3.06. The average molecular weight is 325 g/mol. The summed E-state index contributed by atoms with van der Waals surface area (Å²) in [5.41, 5.74) is 3.22. The molecule has 1 aromatic carbocycles. The Balaban J connectivity index is 2.15. The van der Waals surface area contributed by atoms with Crippen molar-refractivity contribution in [2.45, 2.75) is 18.7 Å². The lowest BCUT2D eigenvalue weighted by Crippen LogP contribution is -2.54. The number of carbonyl (C=O) groups excluding carboxylic acids is 2. The zero-order chi connectivity index (χ0) is 16.3. The number of hydrogen-bond donors (Lipinski definition) is 3. The topological polar surface area (TPSA) is 120 Å². The van der Waals surface area contributed by atoms with Crippen molar-refractivity contribution in [2.24, 2.45) is 5.10 Å². The number of anilines is 1. The molecule has 1 aromatic rings. The van der Waals surface area contributed by atoms with Gasteiger partial charge in [0.1, 0.15) is 0 Å². The number of hydrogen-bond acceptors (Lipinski definition) is 5. The quantitative estimate of drug-likeness (QED) is 0.734. The first-order chi connectivity index (χ1) is 10.3. The molecule has 22 heavy (non-hydrogen) atoms. The van der Waals surface area contributed by atoms with Crippen LogP contribution in [0.5, 0.6) is 0 Å². The van der Waals surface area contributed by atoms with E-state index in [0.717, 1.165) is 5.01 Å². The Morgan fingerprint density at radius 1 is 1.32 bits per heavy atom. The van der Waals surface area contributed by atoms with Crippen LogP contribution in [0.2, 0.25) is 0 Å². The minimum Gasteiger partial charge on any atom is -0.326 e. The van der Waals surface area contributed by atoms with Crippen molar-refractivity contribution in [3.8, 4) is 0 Å². The molecule has 0 aliphatic carbocycles. The van der Waals surface area contributed by atoms with E-state index in [9.17, 15) is 18.0 Å². The number of hydrazine groups is 1. The number of urea groups is 1. The molecule has 0 atom stereocenters. The third kappa shape index (κ3) is 3.80. The van der Waals surface area contributed by atoms with Crippen molar-refractivity contribution in [1.29, 1.82) is 0 Å². The third-order valence-electron chi connectivity index (χ3n) is 2.69. The molecule has 1 aliphatic rings. The minimum absolute atomic E-state index is 0.0328. The molecule has 0 unspecified atom stereocenters. The van der Waals surface area contributed by atoms with Crippen LogP contribution >= 0.6 is 0 Å². The first-order valence-electron chi connectivity index (χ1n) is 6.29. The molecule has 0 bridgehead atoms. The third-order valence-corrected chi connectivity index (χ3v) is 4.04. The molecule has 1 heterocycles. The molecule has 10 heteroatoms. The van der Waals surface area contributed by atoms with Crippen molar-refractivity contribution in [1.82, 2.24) is 15.3 Å². The highest BCUT2D eigenvalue weighted by Crippen LogP contribution is 2.14. The van der Waals surface area contributed by atoms with Crippen molar-refractivity contribution >= 4 is 33.4 Å². The number of nitrogens with one attached hydrogen (secondary N) is 3. The molecular weight excluding hydrogens is 310 g/mol. The second kappa shape index (κ2) is 6.12. The molecule has 2 rings (SSSR count). The maximum atomic E-state index is 12.2. The van der Waals surface area contributed by atoms with Gasteiger partial charge in [0.2, 0.25) is 5.91 Å². The molecule has 3 N–H and O–H groups in total. The first kappa shape index (κ1) is 15.9. The lowest BCUT2D eigenvalue weighted by atomic mass is 10.3. The van der Waals surface area contributed by atoms with E-state index in [1.165, 1.54) is 31.2 Å². The summed E-state index contributed by atoms with van der Waals surface area (Å²) in [7, 11) is -3.91. The van der Waals surface area contributed by atoms with Crippen molar-refractivity contribution in [3.63, 3.8) is 0 Å². The van der Waals surface area contributed by atoms with E-state index in [1.54, 1.807) is 6.92 Å². The van der Waals surface area contributed by atoms with Gasteiger partial charge in [-0.05, 0) is 31.2 Å². The second-order valence-electron chi connectivity index (χ2n) is 4.65. The Kier molecular flexibility index (Phi) is 4.43.